The molecule has 1 fully saturated rings. The van der Waals surface area contributed by atoms with Crippen LogP contribution in [0.25, 0.3) is 11.0 Å². The van der Waals surface area contributed by atoms with Crippen LogP contribution in [0.4, 0.5) is 4.39 Å². The number of nitrogens with zero attached hydrogens (tertiary/aromatic N) is 4. The van der Waals surface area contributed by atoms with Crippen LogP contribution in [-0.2, 0) is 31.0 Å². The van der Waals surface area contributed by atoms with Gasteiger partial charge in [-0.25, -0.2) is 14.4 Å². The van der Waals surface area contributed by atoms with Crippen LogP contribution >= 0.6 is 11.6 Å². The highest BCUT2D eigenvalue weighted by Gasteiger charge is 2.24. The molecule has 1 saturated heterocycles. The maximum Gasteiger partial charge on any atom is 0.251 e. The molecule has 0 spiro atoms. The van der Waals surface area contributed by atoms with Crippen molar-refractivity contribution in [3.8, 4) is 17.4 Å². The van der Waals surface area contributed by atoms with Gasteiger partial charge in [-0.3, -0.25) is 9.69 Å². The summed E-state index contributed by atoms with van der Waals surface area (Å²) in [6.45, 7) is 3.80. The van der Waals surface area contributed by atoms with Crippen LogP contribution < -0.4 is 10.1 Å². The molecule has 3 heterocycles. The van der Waals surface area contributed by atoms with Gasteiger partial charge in [0.1, 0.15) is 18.2 Å². The van der Waals surface area contributed by atoms with E-state index in [0.29, 0.717) is 47.3 Å². The lowest BCUT2D eigenvalue weighted by molar-refractivity contribution is 0.0951. The number of nitrogens with one attached hydrogen (secondary N) is 1. The minimum absolute atomic E-state index is 0.0688. The van der Waals surface area contributed by atoms with E-state index in [2.05, 4.69) is 14.8 Å². The monoisotopic (exact) mass is 673 g/mol. The van der Waals surface area contributed by atoms with E-state index in [1.165, 1.54) is 18.2 Å². The van der Waals surface area contributed by atoms with Crippen molar-refractivity contribution in [3.63, 3.8) is 0 Å². The highest BCUT2D eigenvalue weighted by atomic mass is 35.5. The summed E-state index contributed by atoms with van der Waals surface area (Å²) >= 11 is 5.86. The SMILES string of the molecule is COCCn1c(CN2CCC(c3cccc(OCc4ccc(Cl)cc4F)n3)CC2)nc2cc(C(=O)NCc3ccc(O)c(O)c3)ccc21. The number of aromatic hydroxyl groups is 2. The Morgan fingerprint density at radius 3 is 2.62 bits per heavy atom. The molecule has 0 atom stereocenters. The van der Waals surface area contributed by atoms with E-state index in [4.69, 9.17) is 31.0 Å². The summed E-state index contributed by atoms with van der Waals surface area (Å²) in [5.74, 6) is 0.526. The zero-order chi connectivity index (χ0) is 33.6. The van der Waals surface area contributed by atoms with Crippen molar-refractivity contribution in [2.24, 2.45) is 0 Å². The van der Waals surface area contributed by atoms with Gasteiger partial charge >= 0.3 is 0 Å². The maximum absolute atomic E-state index is 14.2. The second-order valence-corrected chi connectivity index (χ2v) is 12.3. The Labute approximate surface area is 282 Å². The molecule has 0 saturated carbocycles. The number of carbonyl (C=O) groups excluding carboxylic acids is 1. The van der Waals surface area contributed by atoms with Crippen LogP contribution in [0.5, 0.6) is 17.4 Å². The summed E-state index contributed by atoms with van der Waals surface area (Å²) in [4.78, 5) is 25.0. The van der Waals surface area contributed by atoms with Gasteiger partial charge in [0.05, 0.1) is 24.2 Å². The fourth-order valence-corrected chi connectivity index (χ4v) is 6.11. The smallest absolute Gasteiger partial charge is 0.251 e. The minimum atomic E-state index is -0.405. The number of hydrogen-bond acceptors (Lipinski definition) is 8. The van der Waals surface area contributed by atoms with Gasteiger partial charge in [0, 0.05) is 54.0 Å². The zero-order valence-electron chi connectivity index (χ0n) is 26.5. The molecule has 3 aromatic carbocycles. The molecule has 10 nitrogen and oxygen atoms in total. The van der Waals surface area contributed by atoms with Gasteiger partial charge in [0.2, 0.25) is 5.88 Å². The van der Waals surface area contributed by atoms with Crippen LogP contribution in [0.2, 0.25) is 5.02 Å². The van der Waals surface area contributed by atoms with Crippen LogP contribution in [0.3, 0.4) is 0 Å². The Balaban J connectivity index is 1.09. The van der Waals surface area contributed by atoms with E-state index in [-0.39, 0.29) is 36.5 Å². The number of phenolic OH excluding ortho intramolecular Hbond substituents is 2. The minimum Gasteiger partial charge on any atom is -0.504 e. The normalized spacial score (nSPS) is 14.0. The van der Waals surface area contributed by atoms with Crippen LogP contribution in [0.1, 0.15) is 51.8 Å². The molecular formula is C36H37ClFN5O5. The van der Waals surface area contributed by atoms with E-state index < -0.39 is 5.82 Å². The summed E-state index contributed by atoms with van der Waals surface area (Å²) in [5.41, 5.74) is 4.18. The van der Waals surface area contributed by atoms with Crippen molar-refractivity contribution in [2.75, 3.05) is 26.8 Å². The molecular weight excluding hydrogens is 637 g/mol. The molecule has 2 aromatic heterocycles. The fourth-order valence-electron chi connectivity index (χ4n) is 5.95. The van der Waals surface area contributed by atoms with E-state index in [1.54, 1.807) is 43.5 Å². The summed E-state index contributed by atoms with van der Waals surface area (Å²) in [6, 6.07) is 20.2. The molecule has 0 radical (unpaired) electrons. The summed E-state index contributed by atoms with van der Waals surface area (Å²) in [7, 11) is 1.67. The Bertz CT molecular complexity index is 1910. The second-order valence-electron chi connectivity index (χ2n) is 11.9. The highest BCUT2D eigenvalue weighted by molar-refractivity contribution is 6.30. The number of phenols is 2. The summed E-state index contributed by atoms with van der Waals surface area (Å²) in [5, 5.41) is 22.5. The first-order valence-corrected chi connectivity index (χ1v) is 16.2. The first-order valence-electron chi connectivity index (χ1n) is 15.8. The number of methoxy groups -OCH3 is 1. The van der Waals surface area contributed by atoms with Crippen LogP contribution in [-0.4, -0.2) is 62.4 Å². The van der Waals surface area contributed by atoms with Gasteiger partial charge in [-0.15, -0.1) is 0 Å². The average Bonchev–Trinajstić information content (AvgIpc) is 3.43. The lowest BCUT2D eigenvalue weighted by atomic mass is 9.93. The molecule has 1 amide bonds. The standard InChI is InChI=1S/C36H37ClFN5O5/c1-47-16-15-43-31-9-7-25(36(46)39-20-23-5-10-32(44)33(45)17-23)18-30(31)40-34(43)21-42-13-11-24(12-14-42)29-3-2-4-35(41-29)48-22-26-6-8-27(37)19-28(26)38/h2-10,17-19,24,44-45H,11-16,20-22H2,1H3,(H,39,46). The highest BCUT2D eigenvalue weighted by Crippen LogP contribution is 2.30. The van der Waals surface area contributed by atoms with E-state index in [1.807, 2.05) is 18.2 Å². The van der Waals surface area contributed by atoms with Gasteiger partial charge in [0.25, 0.3) is 5.91 Å². The van der Waals surface area contributed by atoms with Gasteiger partial charge < -0.3 is 29.6 Å². The van der Waals surface area contributed by atoms with Crippen molar-refractivity contribution in [2.45, 2.75) is 45.0 Å². The number of pyridine rings is 1. The number of benzene rings is 3. The number of fused-ring (bicyclic) bond motifs is 1. The Morgan fingerprint density at radius 1 is 1.02 bits per heavy atom. The molecule has 1 aliphatic rings. The number of amides is 1. The lowest BCUT2D eigenvalue weighted by Gasteiger charge is -2.31. The fraction of sp³-hybridized carbons (Fsp3) is 0.306. The molecule has 0 unspecified atom stereocenters. The first-order chi connectivity index (χ1) is 23.3. The first kappa shape index (κ1) is 33.2. The van der Waals surface area contributed by atoms with Crippen molar-refractivity contribution < 1.29 is 28.9 Å². The van der Waals surface area contributed by atoms with Crippen LogP contribution in [0, 0.1) is 5.82 Å². The molecule has 0 bridgehead atoms. The Morgan fingerprint density at radius 2 is 1.85 bits per heavy atom. The Hall–Kier alpha value is -4.71. The molecule has 48 heavy (non-hydrogen) atoms. The number of likely N-dealkylation sites (tertiary alicyclic amines) is 1. The Kier molecular flexibility index (Phi) is 10.4. The lowest BCUT2D eigenvalue weighted by Crippen LogP contribution is -2.33. The summed E-state index contributed by atoms with van der Waals surface area (Å²) in [6.07, 6.45) is 1.84. The van der Waals surface area contributed by atoms with Crippen LogP contribution in [0.15, 0.2) is 72.8 Å². The molecule has 0 aliphatic carbocycles. The molecule has 3 N–H and O–H groups in total. The quantitative estimate of drug-likeness (QED) is 0.135. The number of aromatic nitrogens is 3. The number of imidazole rings is 1. The van der Waals surface area contributed by atoms with Crippen molar-refractivity contribution in [1.29, 1.82) is 0 Å². The van der Waals surface area contributed by atoms with E-state index in [9.17, 15) is 19.4 Å². The van der Waals surface area contributed by atoms with Gasteiger partial charge in [0.15, 0.2) is 11.5 Å². The number of carbonyl (C=O) groups is 1. The van der Waals surface area contributed by atoms with Gasteiger partial charge in [-0.1, -0.05) is 29.8 Å². The molecule has 5 aromatic rings. The second kappa shape index (κ2) is 15.0. The number of piperidine rings is 1. The number of rotatable bonds is 12. The predicted octanol–water partition coefficient (Wildman–Crippen LogP) is 6.17. The van der Waals surface area contributed by atoms with Crippen molar-refractivity contribution in [1.82, 2.24) is 24.8 Å². The third kappa shape index (κ3) is 7.87. The van der Waals surface area contributed by atoms with Crippen molar-refractivity contribution >= 4 is 28.5 Å². The number of ether oxygens (including phenoxy) is 2. The number of halogens is 2. The van der Waals surface area contributed by atoms with E-state index >= 15 is 0 Å². The zero-order valence-corrected chi connectivity index (χ0v) is 27.3. The average molecular weight is 674 g/mol. The maximum atomic E-state index is 14.2. The van der Waals surface area contributed by atoms with E-state index in [0.717, 1.165) is 48.5 Å². The predicted molar refractivity (Wildman–Crippen MR) is 180 cm³/mol. The largest absolute Gasteiger partial charge is 0.504 e. The van der Waals surface area contributed by atoms with Crippen molar-refractivity contribution in [3.05, 3.63) is 112 Å². The molecule has 1 aliphatic heterocycles. The third-order valence-electron chi connectivity index (χ3n) is 8.61. The molecule has 6 rings (SSSR count). The molecule has 250 valence electrons. The van der Waals surface area contributed by atoms with Gasteiger partial charge in [-0.2, -0.15) is 0 Å². The molecule has 12 heteroatoms. The topological polar surface area (TPSA) is 122 Å². The number of hydrogen-bond donors (Lipinski definition) is 3. The third-order valence-corrected chi connectivity index (χ3v) is 8.84. The summed E-state index contributed by atoms with van der Waals surface area (Å²) < 4.78 is 27.5. The van der Waals surface area contributed by atoms with Gasteiger partial charge in [-0.05, 0) is 80.0 Å².